The van der Waals surface area contributed by atoms with E-state index in [9.17, 15) is 4.39 Å². The lowest BCUT2D eigenvalue weighted by Crippen LogP contribution is -2.17. The summed E-state index contributed by atoms with van der Waals surface area (Å²) in [5, 5.41) is 9.10. The maximum absolute atomic E-state index is 13.1. The summed E-state index contributed by atoms with van der Waals surface area (Å²) in [5.74, 6) is -0.178. The number of para-hydroxylation sites is 1. The molecule has 1 heterocycles. The first-order chi connectivity index (χ1) is 10.2. The Kier molecular flexibility index (Phi) is 3.97. The number of aryl methyl sites for hydroxylation is 1. The van der Waals surface area contributed by atoms with E-state index in [1.54, 1.807) is 12.1 Å². The van der Waals surface area contributed by atoms with Crippen LogP contribution in [0.4, 0.5) is 4.39 Å². The third-order valence-electron chi connectivity index (χ3n) is 3.61. The van der Waals surface area contributed by atoms with Crippen molar-refractivity contribution in [3.05, 3.63) is 65.6 Å². The maximum atomic E-state index is 13.1. The molecule has 0 fully saturated rings. The van der Waals surface area contributed by atoms with E-state index in [0.29, 0.717) is 0 Å². The van der Waals surface area contributed by atoms with Crippen molar-refractivity contribution in [1.29, 1.82) is 0 Å². The van der Waals surface area contributed by atoms with Gasteiger partial charge in [-0.15, -0.1) is 0 Å². The van der Waals surface area contributed by atoms with Crippen LogP contribution in [-0.4, -0.2) is 16.3 Å². The number of benzene rings is 2. The molecule has 0 aliphatic carbocycles. The van der Waals surface area contributed by atoms with Gasteiger partial charge in [-0.2, -0.15) is 5.10 Å². The lowest BCUT2D eigenvalue weighted by molar-refractivity contribution is 0.621. The van der Waals surface area contributed by atoms with Gasteiger partial charge in [-0.3, -0.25) is 4.68 Å². The Bertz CT molecular complexity index is 749. The van der Waals surface area contributed by atoms with Crippen LogP contribution < -0.4 is 5.32 Å². The average molecular weight is 283 g/mol. The first-order valence-electron chi connectivity index (χ1n) is 7.10. The van der Waals surface area contributed by atoms with Crippen molar-refractivity contribution in [3.8, 4) is 0 Å². The number of nitrogens with zero attached hydrogens (tertiary/aromatic N) is 2. The third kappa shape index (κ3) is 3.11. The minimum Gasteiger partial charge on any atom is -0.311 e. The van der Waals surface area contributed by atoms with Gasteiger partial charge in [0.05, 0.1) is 11.2 Å². The summed E-state index contributed by atoms with van der Waals surface area (Å²) >= 11 is 0. The Morgan fingerprint density at radius 3 is 2.86 bits per heavy atom. The van der Waals surface area contributed by atoms with Gasteiger partial charge in [-0.25, -0.2) is 4.39 Å². The van der Waals surface area contributed by atoms with Crippen LogP contribution in [0.3, 0.4) is 0 Å². The molecule has 0 saturated carbocycles. The lowest BCUT2D eigenvalue weighted by Gasteiger charge is -2.04. The summed E-state index contributed by atoms with van der Waals surface area (Å²) in [5.41, 5.74) is 3.19. The number of hydrogen-bond donors (Lipinski definition) is 1. The summed E-state index contributed by atoms with van der Waals surface area (Å²) in [6, 6.07) is 14.9. The van der Waals surface area contributed by atoms with Gasteiger partial charge in [0, 0.05) is 19.0 Å². The zero-order valence-electron chi connectivity index (χ0n) is 12.0. The van der Waals surface area contributed by atoms with Crippen LogP contribution in [0.25, 0.3) is 10.9 Å². The fraction of sp³-hybridized carbons (Fsp3) is 0.235. The monoisotopic (exact) mass is 283 g/mol. The number of fused-ring (bicyclic) bond motifs is 1. The van der Waals surface area contributed by atoms with E-state index >= 15 is 0 Å². The second-order valence-corrected chi connectivity index (χ2v) is 5.14. The van der Waals surface area contributed by atoms with Gasteiger partial charge in [0.2, 0.25) is 0 Å². The molecule has 2 aromatic carbocycles. The van der Waals surface area contributed by atoms with Crippen molar-refractivity contribution in [2.24, 2.45) is 7.05 Å². The highest BCUT2D eigenvalue weighted by molar-refractivity contribution is 5.81. The molecule has 0 saturated heterocycles. The van der Waals surface area contributed by atoms with Gasteiger partial charge in [0.1, 0.15) is 5.82 Å². The number of nitrogens with one attached hydrogen (secondary N) is 1. The standard InChI is InChI=1S/C17H18FN3/c1-21-17-8-3-2-7-15(17)16(20-21)12-19-10-9-13-5-4-6-14(18)11-13/h2-8,11,19H,9-10,12H2,1H3. The van der Waals surface area contributed by atoms with Gasteiger partial charge < -0.3 is 5.32 Å². The van der Waals surface area contributed by atoms with E-state index in [2.05, 4.69) is 22.5 Å². The molecule has 21 heavy (non-hydrogen) atoms. The lowest BCUT2D eigenvalue weighted by atomic mass is 10.1. The largest absolute Gasteiger partial charge is 0.311 e. The molecule has 0 aliphatic rings. The Hall–Kier alpha value is -2.20. The summed E-state index contributed by atoms with van der Waals surface area (Å²) in [7, 11) is 1.96. The van der Waals surface area contributed by atoms with Crippen LogP contribution in [-0.2, 0) is 20.0 Å². The smallest absolute Gasteiger partial charge is 0.123 e. The molecule has 4 heteroatoms. The molecule has 108 valence electrons. The molecule has 1 aromatic heterocycles. The Balaban J connectivity index is 1.60. The SMILES string of the molecule is Cn1nc(CNCCc2cccc(F)c2)c2ccccc21. The van der Waals surface area contributed by atoms with Crippen LogP contribution in [0.15, 0.2) is 48.5 Å². The molecule has 0 amide bonds. The van der Waals surface area contributed by atoms with Gasteiger partial charge in [-0.1, -0.05) is 30.3 Å². The summed E-state index contributed by atoms with van der Waals surface area (Å²) < 4.78 is 15.0. The summed E-state index contributed by atoms with van der Waals surface area (Å²) in [6.45, 7) is 1.52. The minimum atomic E-state index is -0.178. The number of hydrogen-bond acceptors (Lipinski definition) is 2. The third-order valence-corrected chi connectivity index (χ3v) is 3.61. The van der Waals surface area contributed by atoms with Crippen LogP contribution in [0.1, 0.15) is 11.3 Å². The number of rotatable bonds is 5. The van der Waals surface area contributed by atoms with E-state index in [4.69, 9.17) is 0 Å². The highest BCUT2D eigenvalue weighted by Gasteiger charge is 2.06. The average Bonchev–Trinajstić information content (AvgIpc) is 2.81. The van der Waals surface area contributed by atoms with Crippen molar-refractivity contribution in [2.45, 2.75) is 13.0 Å². The number of halogens is 1. The molecular formula is C17H18FN3. The van der Waals surface area contributed by atoms with Crippen LogP contribution >= 0.6 is 0 Å². The molecule has 0 spiro atoms. The molecule has 0 atom stereocenters. The molecule has 0 unspecified atom stereocenters. The molecule has 3 aromatic rings. The highest BCUT2D eigenvalue weighted by atomic mass is 19.1. The molecular weight excluding hydrogens is 265 g/mol. The zero-order chi connectivity index (χ0) is 14.7. The molecule has 3 nitrogen and oxygen atoms in total. The maximum Gasteiger partial charge on any atom is 0.123 e. The molecule has 3 rings (SSSR count). The van der Waals surface area contributed by atoms with Crippen LogP contribution in [0.2, 0.25) is 0 Å². The second kappa shape index (κ2) is 6.06. The highest BCUT2D eigenvalue weighted by Crippen LogP contribution is 2.17. The fourth-order valence-electron chi connectivity index (χ4n) is 2.55. The minimum absolute atomic E-state index is 0.178. The predicted molar refractivity (Wildman–Crippen MR) is 82.5 cm³/mol. The van der Waals surface area contributed by atoms with Crippen molar-refractivity contribution < 1.29 is 4.39 Å². The Labute approximate surface area is 123 Å². The van der Waals surface area contributed by atoms with Gasteiger partial charge in [0.25, 0.3) is 0 Å². The van der Waals surface area contributed by atoms with E-state index in [0.717, 1.165) is 36.3 Å². The van der Waals surface area contributed by atoms with E-state index in [-0.39, 0.29) is 5.82 Å². The van der Waals surface area contributed by atoms with Gasteiger partial charge >= 0.3 is 0 Å². The molecule has 1 N–H and O–H groups in total. The van der Waals surface area contributed by atoms with Crippen LogP contribution in [0, 0.1) is 5.82 Å². The van der Waals surface area contributed by atoms with E-state index in [1.165, 1.54) is 11.5 Å². The van der Waals surface area contributed by atoms with Gasteiger partial charge in [0.15, 0.2) is 0 Å². The molecule has 0 radical (unpaired) electrons. The zero-order valence-corrected chi connectivity index (χ0v) is 12.0. The molecule has 0 aliphatic heterocycles. The van der Waals surface area contributed by atoms with E-state index in [1.807, 2.05) is 29.9 Å². The normalized spacial score (nSPS) is 11.1. The molecule has 0 bridgehead atoms. The summed E-state index contributed by atoms with van der Waals surface area (Å²) in [4.78, 5) is 0. The van der Waals surface area contributed by atoms with Crippen LogP contribution in [0.5, 0.6) is 0 Å². The van der Waals surface area contributed by atoms with Gasteiger partial charge in [-0.05, 0) is 36.7 Å². The summed E-state index contributed by atoms with van der Waals surface area (Å²) in [6.07, 6.45) is 0.808. The Morgan fingerprint density at radius 1 is 1.14 bits per heavy atom. The first kappa shape index (κ1) is 13.8. The van der Waals surface area contributed by atoms with Crippen molar-refractivity contribution in [2.75, 3.05) is 6.54 Å². The predicted octanol–water partition coefficient (Wildman–Crippen LogP) is 3.04. The quantitative estimate of drug-likeness (QED) is 0.729. The van der Waals surface area contributed by atoms with Crippen molar-refractivity contribution >= 4 is 10.9 Å². The van der Waals surface area contributed by atoms with Crippen molar-refractivity contribution in [3.63, 3.8) is 0 Å². The van der Waals surface area contributed by atoms with E-state index < -0.39 is 0 Å². The topological polar surface area (TPSA) is 29.9 Å². The van der Waals surface area contributed by atoms with Crippen molar-refractivity contribution in [1.82, 2.24) is 15.1 Å². The Morgan fingerprint density at radius 2 is 2.00 bits per heavy atom. The number of aromatic nitrogens is 2. The first-order valence-corrected chi connectivity index (χ1v) is 7.10. The second-order valence-electron chi connectivity index (χ2n) is 5.14. The fourth-order valence-corrected chi connectivity index (χ4v) is 2.55.